The second kappa shape index (κ2) is 6.41. The molecule has 0 N–H and O–H groups in total. The van der Waals surface area contributed by atoms with E-state index < -0.39 is 0 Å². The minimum Gasteiger partial charge on any atom is -0.365 e. The monoisotopic (exact) mass is 294 g/mol. The van der Waals surface area contributed by atoms with E-state index in [0.29, 0.717) is 13.2 Å². The highest BCUT2D eigenvalue weighted by Gasteiger charge is 2.31. The van der Waals surface area contributed by atoms with Crippen LogP contribution < -0.4 is 4.90 Å². The van der Waals surface area contributed by atoms with Gasteiger partial charge in [-0.25, -0.2) is 4.98 Å². The van der Waals surface area contributed by atoms with Crippen LogP contribution in [0.5, 0.6) is 0 Å². The minimum absolute atomic E-state index is 0.110. The maximum atomic E-state index is 12.5. The molecule has 2 aliphatic heterocycles. The average Bonchev–Trinajstić information content (AvgIpc) is 2.56. The predicted octanol–water partition coefficient (Wildman–Crippen LogP) is 0.257. The maximum absolute atomic E-state index is 12.5. The largest absolute Gasteiger partial charge is 0.365 e. The summed E-state index contributed by atoms with van der Waals surface area (Å²) < 4.78 is 5.66. The molecular weight excluding hydrogens is 276 g/mol. The first-order valence-electron chi connectivity index (χ1n) is 6.84. The zero-order valence-electron chi connectivity index (χ0n) is 11.3. The van der Waals surface area contributed by atoms with E-state index in [1.165, 1.54) is 0 Å². The van der Waals surface area contributed by atoms with Crippen molar-refractivity contribution < 1.29 is 9.53 Å². The lowest BCUT2D eigenvalue weighted by Gasteiger charge is -2.36. The number of amides is 1. The quantitative estimate of drug-likeness (QED) is 0.780. The van der Waals surface area contributed by atoms with Crippen molar-refractivity contribution in [3.8, 4) is 0 Å². The molecule has 3 heterocycles. The number of ether oxygens (including phenoxy) is 1. The topological polar surface area (TPSA) is 58.6 Å². The van der Waals surface area contributed by atoms with Crippen molar-refractivity contribution in [1.82, 2.24) is 14.9 Å². The van der Waals surface area contributed by atoms with Crippen LogP contribution >= 0.6 is 11.8 Å². The van der Waals surface area contributed by atoms with Gasteiger partial charge in [0.05, 0.1) is 19.3 Å². The van der Waals surface area contributed by atoms with E-state index in [1.807, 2.05) is 16.7 Å². The standard InChI is InChI=1S/C13H18N4O2S/c18-13(16-4-7-20-8-5-16)11-10-17(3-6-19-11)12-9-14-1-2-15-12/h1-2,9,11H,3-8,10H2. The normalized spacial score (nSPS) is 23.7. The lowest BCUT2D eigenvalue weighted by Crippen LogP contribution is -2.52. The van der Waals surface area contributed by atoms with Gasteiger partial charge < -0.3 is 14.5 Å². The molecule has 1 atom stereocenters. The Bertz CT molecular complexity index is 453. The van der Waals surface area contributed by atoms with Gasteiger partial charge in [0, 0.05) is 43.5 Å². The number of morpholine rings is 1. The summed E-state index contributed by atoms with van der Waals surface area (Å²) in [6.45, 7) is 3.51. The van der Waals surface area contributed by atoms with Gasteiger partial charge in [0.2, 0.25) is 0 Å². The van der Waals surface area contributed by atoms with Gasteiger partial charge in [-0.1, -0.05) is 0 Å². The highest BCUT2D eigenvalue weighted by molar-refractivity contribution is 7.99. The van der Waals surface area contributed by atoms with Crippen molar-refractivity contribution in [2.24, 2.45) is 0 Å². The van der Waals surface area contributed by atoms with Gasteiger partial charge in [0.1, 0.15) is 5.82 Å². The Morgan fingerprint density at radius 2 is 2.15 bits per heavy atom. The van der Waals surface area contributed by atoms with Gasteiger partial charge in [-0.05, 0) is 0 Å². The first-order valence-corrected chi connectivity index (χ1v) is 7.99. The van der Waals surface area contributed by atoms with Gasteiger partial charge in [-0.2, -0.15) is 11.8 Å². The summed E-state index contributed by atoms with van der Waals surface area (Å²) in [5, 5.41) is 0. The Kier molecular flexibility index (Phi) is 4.37. The van der Waals surface area contributed by atoms with Crippen LogP contribution in [-0.2, 0) is 9.53 Å². The zero-order chi connectivity index (χ0) is 13.8. The number of hydrogen-bond acceptors (Lipinski definition) is 6. The molecule has 1 amide bonds. The second-order valence-electron chi connectivity index (χ2n) is 4.81. The van der Waals surface area contributed by atoms with Crippen molar-refractivity contribution in [2.75, 3.05) is 49.2 Å². The Morgan fingerprint density at radius 3 is 2.90 bits per heavy atom. The van der Waals surface area contributed by atoms with Crippen LogP contribution in [-0.4, -0.2) is 71.2 Å². The molecule has 108 valence electrons. The molecule has 20 heavy (non-hydrogen) atoms. The molecule has 3 rings (SSSR count). The molecule has 0 aliphatic carbocycles. The van der Waals surface area contributed by atoms with Crippen LogP contribution in [0.1, 0.15) is 0 Å². The van der Waals surface area contributed by atoms with E-state index in [2.05, 4.69) is 14.9 Å². The molecule has 2 fully saturated rings. The number of nitrogens with zero attached hydrogens (tertiary/aromatic N) is 4. The number of anilines is 1. The summed E-state index contributed by atoms with van der Waals surface area (Å²) in [5.74, 6) is 2.96. The summed E-state index contributed by atoms with van der Waals surface area (Å²) in [5.41, 5.74) is 0. The zero-order valence-corrected chi connectivity index (χ0v) is 12.1. The van der Waals surface area contributed by atoms with Crippen molar-refractivity contribution in [3.63, 3.8) is 0 Å². The molecule has 0 radical (unpaired) electrons. The molecule has 0 aromatic carbocycles. The van der Waals surface area contributed by atoms with Crippen LogP contribution in [0.25, 0.3) is 0 Å². The fraction of sp³-hybridized carbons (Fsp3) is 0.615. The van der Waals surface area contributed by atoms with Crippen LogP contribution in [0, 0.1) is 0 Å². The molecular formula is C13H18N4O2S. The minimum atomic E-state index is -0.381. The van der Waals surface area contributed by atoms with E-state index >= 15 is 0 Å². The van der Waals surface area contributed by atoms with Gasteiger partial charge in [-0.15, -0.1) is 0 Å². The highest BCUT2D eigenvalue weighted by atomic mass is 32.2. The second-order valence-corrected chi connectivity index (χ2v) is 6.03. The first-order chi connectivity index (χ1) is 9.84. The van der Waals surface area contributed by atoms with Crippen molar-refractivity contribution in [2.45, 2.75) is 6.10 Å². The van der Waals surface area contributed by atoms with E-state index in [1.54, 1.807) is 18.6 Å². The SMILES string of the molecule is O=C(C1CN(c2cnccn2)CCO1)N1CCSCC1. The summed E-state index contributed by atoms with van der Waals surface area (Å²) >= 11 is 1.90. The van der Waals surface area contributed by atoms with Crippen molar-refractivity contribution >= 4 is 23.5 Å². The van der Waals surface area contributed by atoms with Gasteiger partial charge >= 0.3 is 0 Å². The Morgan fingerprint density at radius 1 is 1.30 bits per heavy atom. The Balaban J connectivity index is 1.64. The van der Waals surface area contributed by atoms with Crippen LogP contribution in [0.4, 0.5) is 5.82 Å². The van der Waals surface area contributed by atoms with Crippen molar-refractivity contribution in [1.29, 1.82) is 0 Å². The maximum Gasteiger partial charge on any atom is 0.253 e. The van der Waals surface area contributed by atoms with E-state index in [0.717, 1.165) is 37.0 Å². The molecule has 6 nitrogen and oxygen atoms in total. The van der Waals surface area contributed by atoms with Gasteiger partial charge in [-0.3, -0.25) is 9.78 Å². The van der Waals surface area contributed by atoms with E-state index in [-0.39, 0.29) is 12.0 Å². The summed E-state index contributed by atoms with van der Waals surface area (Å²) in [6.07, 6.45) is 4.67. The number of carbonyl (C=O) groups excluding carboxylic acids is 1. The predicted molar refractivity (Wildman–Crippen MR) is 77.9 cm³/mol. The van der Waals surface area contributed by atoms with Gasteiger partial charge in [0.15, 0.2) is 6.10 Å². The molecule has 1 unspecified atom stereocenters. The van der Waals surface area contributed by atoms with Crippen LogP contribution in [0.3, 0.4) is 0 Å². The fourth-order valence-corrected chi connectivity index (χ4v) is 3.35. The number of hydrogen-bond donors (Lipinski definition) is 0. The highest BCUT2D eigenvalue weighted by Crippen LogP contribution is 2.17. The first kappa shape index (κ1) is 13.6. The number of carbonyl (C=O) groups is 1. The summed E-state index contributed by atoms with van der Waals surface area (Å²) in [6, 6.07) is 0. The molecule has 0 spiro atoms. The third-order valence-electron chi connectivity index (χ3n) is 3.54. The average molecular weight is 294 g/mol. The lowest BCUT2D eigenvalue weighted by atomic mass is 10.2. The molecule has 0 saturated carbocycles. The van der Waals surface area contributed by atoms with Crippen molar-refractivity contribution in [3.05, 3.63) is 18.6 Å². The van der Waals surface area contributed by atoms with E-state index in [4.69, 9.17) is 4.74 Å². The smallest absolute Gasteiger partial charge is 0.253 e. The summed E-state index contributed by atoms with van der Waals surface area (Å²) in [4.78, 5) is 24.8. The van der Waals surface area contributed by atoms with E-state index in [9.17, 15) is 4.79 Å². The summed E-state index contributed by atoms with van der Waals surface area (Å²) in [7, 11) is 0. The third-order valence-corrected chi connectivity index (χ3v) is 4.48. The number of aromatic nitrogens is 2. The molecule has 1 aromatic heterocycles. The molecule has 1 aromatic rings. The van der Waals surface area contributed by atoms with Crippen LogP contribution in [0.15, 0.2) is 18.6 Å². The lowest BCUT2D eigenvalue weighted by molar-refractivity contribution is -0.144. The molecule has 2 aliphatic rings. The Labute approximate surface area is 122 Å². The number of rotatable bonds is 2. The Hall–Kier alpha value is -1.34. The third kappa shape index (κ3) is 3.04. The fourth-order valence-electron chi connectivity index (χ4n) is 2.45. The van der Waals surface area contributed by atoms with Gasteiger partial charge in [0.25, 0.3) is 5.91 Å². The van der Waals surface area contributed by atoms with Crippen LogP contribution in [0.2, 0.25) is 0 Å². The molecule has 0 bridgehead atoms. The molecule has 7 heteroatoms. The molecule has 2 saturated heterocycles. The number of thioether (sulfide) groups is 1.